The van der Waals surface area contributed by atoms with Gasteiger partial charge in [0.25, 0.3) is 5.56 Å². The molecule has 5 heteroatoms. The Labute approximate surface area is 82.2 Å². The van der Waals surface area contributed by atoms with E-state index < -0.39 is 0 Å². The third kappa shape index (κ3) is 1.33. The number of aromatic hydroxyl groups is 1. The minimum absolute atomic E-state index is 0.152. The zero-order chi connectivity index (χ0) is 8.72. The molecule has 2 rings (SSSR count). The largest absolute Gasteiger partial charge is 0.492 e. The molecule has 0 aromatic carbocycles. The number of nitrogens with one attached hydrogen (secondary N) is 1. The molecule has 1 aromatic rings. The number of rotatable bonds is 1. The first-order valence-corrected chi connectivity index (χ1v) is 4.75. The van der Waals surface area contributed by atoms with Crippen LogP contribution in [0.15, 0.2) is 4.79 Å². The van der Waals surface area contributed by atoms with E-state index in [-0.39, 0.29) is 15.0 Å². The molecular formula is C7H7IN2O2. The summed E-state index contributed by atoms with van der Waals surface area (Å²) in [6.07, 6.45) is 2.12. The summed E-state index contributed by atoms with van der Waals surface area (Å²) < 4.78 is 0.261. The molecule has 0 spiro atoms. The van der Waals surface area contributed by atoms with Crippen molar-refractivity contribution in [2.45, 2.75) is 18.8 Å². The summed E-state index contributed by atoms with van der Waals surface area (Å²) in [5.41, 5.74) is -0.245. The molecule has 12 heavy (non-hydrogen) atoms. The Morgan fingerprint density at radius 3 is 2.75 bits per heavy atom. The van der Waals surface area contributed by atoms with Crippen LogP contribution in [0.3, 0.4) is 0 Å². The molecule has 0 unspecified atom stereocenters. The zero-order valence-corrected chi connectivity index (χ0v) is 8.33. The minimum atomic E-state index is -0.245. The third-order valence-electron chi connectivity index (χ3n) is 1.83. The second-order valence-corrected chi connectivity index (χ2v) is 3.94. The molecule has 1 aromatic heterocycles. The van der Waals surface area contributed by atoms with Crippen LogP contribution in [-0.4, -0.2) is 15.1 Å². The number of aromatic amines is 1. The fourth-order valence-corrected chi connectivity index (χ4v) is 1.27. The second-order valence-electron chi connectivity index (χ2n) is 2.86. The summed E-state index contributed by atoms with van der Waals surface area (Å²) in [6, 6.07) is 0. The summed E-state index contributed by atoms with van der Waals surface area (Å²) in [6.45, 7) is 0. The average molecular weight is 278 g/mol. The Balaban J connectivity index is 2.53. The Bertz CT molecular complexity index is 370. The number of nitrogens with zero attached hydrogens (tertiary/aromatic N) is 1. The van der Waals surface area contributed by atoms with Crippen LogP contribution in [-0.2, 0) is 0 Å². The number of H-pyrrole nitrogens is 1. The van der Waals surface area contributed by atoms with Gasteiger partial charge in [-0.3, -0.25) is 4.79 Å². The third-order valence-corrected chi connectivity index (χ3v) is 2.80. The molecule has 1 saturated carbocycles. The van der Waals surface area contributed by atoms with Crippen LogP contribution in [0.5, 0.6) is 5.88 Å². The lowest BCUT2D eigenvalue weighted by Crippen LogP contribution is -2.13. The topological polar surface area (TPSA) is 66.0 Å². The van der Waals surface area contributed by atoms with Gasteiger partial charge in [0.1, 0.15) is 9.39 Å². The van der Waals surface area contributed by atoms with Gasteiger partial charge in [0, 0.05) is 5.92 Å². The number of aromatic nitrogens is 2. The highest BCUT2D eigenvalue weighted by Crippen LogP contribution is 2.38. The highest BCUT2D eigenvalue weighted by molar-refractivity contribution is 14.1. The smallest absolute Gasteiger partial charge is 0.268 e. The van der Waals surface area contributed by atoms with Gasteiger partial charge in [-0.15, -0.1) is 0 Å². The maximum atomic E-state index is 11.1. The standard InChI is InChI=1S/C7H7IN2O2/c8-4-6(11)9-5(3-1-2-3)10-7(4)12/h3H,1-2H2,(H2,9,10,11,12). The molecule has 64 valence electrons. The minimum Gasteiger partial charge on any atom is -0.492 e. The predicted molar refractivity (Wildman–Crippen MR) is 51.2 cm³/mol. The molecule has 1 aliphatic carbocycles. The lowest BCUT2D eigenvalue weighted by molar-refractivity contribution is 0.443. The molecule has 1 fully saturated rings. The van der Waals surface area contributed by atoms with Gasteiger partial charge < -0.3 is 10.1 Å². The van der Waals surface area contributed by atoms with Crippen LogP contribution in [0.4, 0.5) is 0 Å². The molecule has 0 saturated heterocycles. The van der Waals surface area contributed by atoms with E-state index in [0.29, 0.717) is 11.7 Å². The van der Waals surface area contributed by atoms with Gasteiger partial charge in [-0.1, -0.05) is 0 Å². The first-order valence-electron chi connectivity index (χ1n) is 3.67. The first-order chi connectivity index (χ1) is 5.68. The molecule has 1 heterocycles. The van der Waals surface area contributed by atoms with E-state index in [0.717, 1.165) is 12.8 Å². The first kappa shape index (κ1) is 8.03. The Morgan fingerprint density at radius 2 is 2.25 bits per heavy atom. The quantitative estimate of drug-likeness (QED) is 0.752. The average Bonchev–Trinajstić information content (AvgIpc) is 2.81. The van der Waals surface area contributed by atoms with Crippen molar-refractivity contribution in [2.75, 3.05) is 0 Å². The van der Waals surface area contributed by atoms with E-state index in [4.69, 9.17) is 0 Å². The van der Waals surface area contributed by atoms with E-state index in [9.17, 15) is 9.90 Å². The molecule has 0 atom stereocenters. The number of halogens is 1. The molecular weight excluding hydrogens is 271 g/mol. The fourth-order valence-electron chi connectivity index (χ4n) is 1.01. The summed E-state index contributed by atoms with van der Waals surface area (Å²) >= 11 is 1.77. The number of hydrogen-bond acceptors (Lipinski definition) is 3. The number of hydrogen-bond donors (Lipinski definition) is 2. The molecule has 0 bridgehead atoms. The second kappa shape index (κ2) is 2.72. The van der Waals surface area contributed by atoms with Crippen molar-refractivity contribution in [2.24, 2.45) is 0 Å². The van der Waals surface area contributed by atoms with Crippen molar-refractivity contribution < 1.29 is 5.11 Å². The summed E-state index contributed by atoms with van der Waals surface area (Å²) in [5.74, 6) is 0.833. The molecule has 1 aliphatic rings. The van der Waals surface area contributed by atoms with Crippen LogP contribution in [0.25, 0.3) is 0 Å². The Kier molecular flexibility index (Phi) is 1.82. The maximum absolute atomic E-state index is 11.1. The SMILES string of the molecule is O=c1[nH]c(C2CC2)nc(O)c1I. The van der Waals surface area contributed by atoms with Gasteiger partial charge in [-0.25, -0.2) is 0 Å². The van der Waals surface area contributed by atoms with Crippen molar-refractivity contribution in [3.05, 3.63) is 19.7 Å². The van der Waals surface area contributed by atoms with Gasteiger partial charge in [0.15, 0.2) is 0 Å². The van der Waals surface area contributed by atoms with Crippen LogP contribution in [0, 0.1) is 3.57 Å². The van der Waals surface area contributed by atoms with Crippen molar-refractivity contribution in [3.63, 3.8) is 0 Å². The maximum Gasteiger partial charge on any atom is 0.268 e. The van der Waals surface area contributed by atoms with E-state index in [2.05, 4.69) is 9.97 Å². The zero-order valence-electron chi connectivity index (χ0n) is 6.17. The summed E-state index contributed by atoms with van der Waals surface area (Å²) in [4.78, 5) is 17.7. The highest BCUT2D eigenvalue weighted by atomic mass is 127. The lowest BCUT2D eigenvalue weighted by atomic mass is 10.4. The Hall–Kier alpha value is -0.590. The predicted octanol–water partition coefficient (Wildman–Crippen LogP) is 0.958. The highest BCUT2D eigenvalue weighted by Gasteiger charge is 2.27. The van der Waals surface area contributed by atoms with E-state index in [1.165, 1.54) is 0 Å². The molecule has 0 radical (unpaired) electrons. The van der Waals surface area contributed by atoms with Gasteiger partial charge in [-0.05, 0) is 35.4 Å². The van der Waals surface area contributed by atoms with Gasteiger partial charge >= 0.3 is 0 Å². The van der Waals surface area contributed by atoms with Crippen molar-refractivity contribution in [3.8, 4) is 5.88 Å². The van der Waals surface area contributed by atoms with E-state index in [1.54, 1.807) is 22.6 Å². The van der Waals surface area contributed by atoms with Crippen molar-refractivity contribution >= 4 is 22.6 Å². The summed E-state index contributed by atoms with van der Waals surface area (Å²) in [5, 5.41) is 9.22. The summed E-state index contributed by atoms with van der Waals surface area (Å²) in [7, 11) is 0. The van der Waals surface area contributed by atoms with Crippen LogP contribution in [0.2, 0.25) is 0 Å². The van der Waals surface area contributed by atoms with Gasteiger partial charge in [0.2, 0.25) is 5.88 Å². The van der Waals surface area contributed by atoms with Gasteiger partial charge in [0.05, 0.1) is 0 Å². The molecule has 0 amide bonds. The fraction of sp³-hybridized carbons (Fsp3) is 0.429. The van der Waals surface area contributed by atoms with E-state index >= 15 is 0 Å². The monoisotopic (exact) mass is 278 g/mol. The molecule has 2 N–H and O–H groups in total. The normalized spacial score (nSPS) is 16.4. The Morgan fingerprint density at radius 1 is 1.58 bits per heavy atom. The molecule has 0 aliphatic heterocycles. The van der Waals surface area contributed by atoms with Crippen LogP contribution in [0.1, 0.15) is 24.6 Å². The lowest BCUT2D eigenvalue weighted by Gasteiger charge is -1.98. The van der Waals surface area contributed by atoms with Crippen molar-refractivity contribution in [1.82, 2.24) is 9.97 Å². The van der Waals surface area contributed by atoms with Gasteiger partial charge in [-0.2, -0.15) is 4.98 Å². The van der Waals surface area contributed by atoms with Crippen molar-refractivity contribution in [1.29, 1.82) is 0 Å². The molecule has 4 nitrogen and oxygen atoms in total. The van der Waals surface area contributed by atoms with E-state index in [1.807, 2.05) is 0 Å². The van der Waals surface area contributed by atoms with Crippen LogP contribution < -0.4 is 5.56 Å². The van der Waals surface area contributed by atoms with Crippen LogP contribution >= 0.6 is 22.6 Å².